The van der Waals surface area contributed by atoms with Gasteiger partial charge < -0.3 is 4.90 Å². The van der Waals surface area contributed by atoms with Crippen molar-refractivity contribution in [3.8, 4) is 0 Å². The van der Waals surface area contributed by atoms with Crippen molar-refractivity contribution >= 4 is 28.8 Å². The average molecular weight is 384 g/mol. The lowest BCUT2D eigenvalue weighted by molar-refractivity contribution is -0.128. The third-order valence-corrected chi connectivity index (χ3v) is 4.59. The molecule has 136 valence electrons. The molecule has 2 aromatic carbocycles. The third kappa shape index (κ3) is 3.21. The van der Waals surface area contributed by atoms with Crippen LogP contribution in [0.2, 0.25) is 5.02 Å². The molecule has 1 aliphatic rings. The van der Waals surface area contributed by atoms with Crippen molar-refractivity contribution in [1.29, 1.82) is 0 Å². The van der Waals surface area contributed by atoms with Crippen molar-refractivity contribution in [2.75, 3.05) is 6.54 Å². The van der Waals surface area contributed by atoms with Crippen LogP contribution in [0.5, 0.6) is 0 Å². The molecule has 1 amide bonds. The maximum atomic E-state index is 14.4. The van der Waals surface area contributed by atoms with E-state index >= 15 is 0 Å². The van der Waals surface area contributed by atoms with Gasteiger partial charge in [-0.15, -0.1) is 0 Å². The first kappa shape index (κ1) is 18.5. The first-order valence-electron chi connectivity index (χ1n) is 7.97. The van der Waals surface area contributed by atoms with Crippen molar-refractivity contribution in [2.45, 2.75) is 19.8 Å². The largest absolute Gasteiger partial charge is 0.312 e. The van der Waals surface area contributed by atoms with E-state index in [0.29, 0.717) is 17.7 Å². The summed E-state index contributed by atoms with van der Waals surface area (Å²) in [7, 11) is 0. The van der Waals surface area contributed by atoms with Crippen LogP contribution in [0.4, 0.5) is 17.6 Å². The second-order valence-electron chi connectivity index (χ2n) is 5.83. The molecule has 26 heavy (non-hydrogen) atoms. The van der Waals surface area contributed by atoms with Crippen molar-refractivity contribution < 1.29 is 22.4 Å². The summed E-state index contributed by atoms with van der Waals surface area (Å²) >= 11 is 6.16. The molecule has 0 radical (unpaired) electrons. The van der Waals surface area contributed by atoms with Crippen LogP contribution in [0.3, 0.4) is 0 Å². The highest BCUT2D eigenvalue weighted by molar-refractivity contribution is 6.32. The highest BCUT2D eigenvalue weighted by Gasteiger charge is 2.32. The van der Waals surface area contributed by atoms with Crippen molar-refractivity contribution in [2.24, 2.45) is 0 Å². The molecule has 0 bridgehead atoms. The Morgan fingerprint density at radius 1 is 1.00 bits per heavy atom. The van der Waals surface area contributed by atoms with Crippen LogP contribution in [0.1, 0.15) is 30.9 Å². The van der Waals surface area contributed by atoms with Gasteiger partial charge in [0.05, 0.1) is 11.3 Å². The number of nitrogens with zero attached hydrogens (tertiary/aromatic N) is 1. The lowest BCUT2D eigenvalue weighted by Gasteiger charge is -2.32. The molecule has 0 aliphatic carbocycles. The van der Waals surface area contributed by atoms with Crippen LogP contribution >= 0.6 is 11.6 Å². The molecule has 0 spiro atoms. The van der Waals surface area contributed by atoms with Gasteiger partial charge in [0.1, 0.15) is 23.3 Å². The third-order valence-electron chi connectivity index (χ3n) is 4.26. The molecule has 2 nitrogen and oxygen atoms in total. The summed E-state index contributed by atoms with van der Waals surface area (Å²) in [5.74, 6) is -4.26. The molecule has 0 saturated carbocycles. The highest BCUT2D eigenvalue weighted by Crippen LogP contribution is 2.41. The lowest BCUT2D eigenvalue weighted by atomic mass is 9.90. The second-order valence-corrected chi connectivity index (χ2v) is 6.24. The Bertz CT molecular complexity index is 903. The fourth-order valence-electron chi connectivity index (χ4n) is 3.15. The van der Waals surface area contributed by atoms with E-state index in [1.54, 1.807) is 6.92 Å². The smallest absolute Gasteiger partial charge is 0.227 e. The normalized spacial score (nSPS) is 15.0. The Morgan fingerprint density at radius 2 is 1.65 bits per heavy atom. The number of hydrogen-bond donors (Lipinski definition) is 0. The van der Waals surface area contributed by atoms with Gasteiger partial charge in [-0.1, -0.05) is 11.6 Å². The van der Waals surface area contributed by atoms with Gasteiger partial charge in [-0.05, 0) is 37.1 Å². The SMILES string of the molecule is CCN1C(=O)CCC(c2cc(F)ccc2Cl)=C1c1c(F)cc(F)cc1F. The van der Waals surface area contributed by atoms with Gasteiger partial charge in [-0.3, -0.25) is 4.79 Å². The molecule has 0 unspecified atom stereocenters. The van der Waals surface area contributed by atoms with Crippen molar-refractivity contribution in [1.82, 2.24) is 4.90 Å². The molecule has 0 fully saturated rings. The van der Waals surface area contributed by atoms with Gasteiger partial charge in [0, 0.05) is 35.7 Å². The topological polar surface area (TPSA) is 20.3 Å². The predicted octanol–water partition coefficient (Wildman–Crippen LogP) is 5.41. The maximum absolute atomic E-state index is 14.4. The van der Waals surface area contributed by atoms with Gasteiger partial charge in [-0.25, -0.2) is 17.6 Å². The first-order chi connectivity index (χ1) is 12.3. The number of carbonyl (C=O) groups is 1. The summed E-state index contributed by atoms with van der Waals surface area (Å²) in [6.07, 6.45) is 0.216. The Labute approximate surface area is 152 Å². The molecule has 2 aromatic rings. The summed E-state index contributed by atoms with van der Waals surface area (Å²) < 4.78 is 55.9. The van der Waals surface area contributed by atoms with E-state index in [9.17, 15) is 22.4 Å². The molecule has 0 atom stereocenters. The zero-order chi connectivity index (χ0) is 19.0. The van der Waals surface area contributed by atoms with E-state index in [-0.39, 0.29) is 41.6 Å². The summed E-state index contributed by atoms with van der Waals surface area (Å²) in [5, 5.41) is 0.187. The molecule has 3 rings (SSSR count). The Balaban J connectivity index is 2.37. The minimum Gasteiger partial charge on any atom is -0.312 e. The molecule has 1 aliphatic heterocycles. The quantitative estimate of drug-likeness (QED) is 0.649. The van der Waals surface area contributed by atoms with Crippen LogP contribution in [0.25, 0.3) is 11.3 Å². The predicted molar refractivity (Wildman–Crippen MR) is 91.2 cm³/mol. The van der Waals surface area contributed by atoms with Crippen molar-refractivity contribution in [3.05, 3.63) is 69.8 Å². The zero-order valence-corrected chi connectivity index (χ0v) is 14.5. The number of amides is 1. The Hall–Kier alpha value is -2.34. The van der Waals surface area contributed by atoms with Crippen LogP contribution in [0.15, 0.2) is 30.3 Å². The number of hydrogen-bond acceptors (Lipinski definition) is 1. The molecule has 0 N–H and O–H groups in total. The molecule has 0 aromatic heterocycles. The number of rotatable bonds is 3. The molecule has 1 heterocycles. The van der Waals surface area contributed by atoms with Gasteiger partial charge >= 0.3 is 0 Å². The molecule has 0 saturated heterocycles. The number of halogens is 5. The first-order valence-corrected chi connectivity index (χ1v) is 8.35. The minimum absolute atomic E-state index is 0.0498. The number of carbonyl (C=O) groups excluding carboxylic acids is 1. The van der Waals surface area contributed by atoms with E-state index in [0.717, 1.165) is 12.1 Å². The Kier molecular flexibility index (Phi) is 5.05. The van der Waals surface area contributed by atoms with Crippen LogP contribution in [0, 0.1) is 23.3 Å². The summed E-state index contributed by atoms with van der Waals surface area (Å²) in [5.41, 5.74) is -0.000947. The van der Waals surface area contributed by atoms with E-state index < -0.39 is 28.8 Å². The van der Waals surface area contributed by atoms with E-state index in [1.807, 2.05) is 0 Å². The van der Waals surface area contributed by atoms with Gasteiger partial charge in [0.2, 0.25) is 5.91 Å². The lowest BCUT2D eigenvalue weighted by Crippen LogP contribution is -2.33. The van der Waals surface area contributed by atoms with Gasteiger partial charge in [-0.2, -0.15) is 0 Å². The highest BCUT2D eigenvalue weighted by atomic mass is 35.5. The number of benzene rings is 2. The fourth-order valence-corrected chi connectivity index (χ4v) is 3.38. The van der Waals surface area contributed by atoms with Gasteiger partial charge in [0.15, 0.2) is 0 Å². The van der Waals surface area contributed by atoms with Crippen LogP contribution in [-0.4, -0.2) is 17.4 Å². The molecular formula is C19H14ClF4NO. The minimum atomic E-state index is -1.14. The second kappa shape index (κ2) is 7.11. The standard InChI is InChI=1S/C19H14ClF4NO/c1-2-25-17(26)6-4-12(13-7-10(21)3-5-14(13)20)19(25)18-15(23)8-11(22)9-16(18)24/h3,5,7-9H,2,4,6H2,1H3. The number of allylic oxidation sites excluding steroid dienone is 1. The summed E-state index contributed by atoms with van der Waals surface area (Å²) in [4.78, 5) is 13.5. The zero-order valence-electron chi connectivity index (χ0n) is 13.8. The fraction of sp³-hybridized carbons (Fsp3) is 0.211. The van der Waals surface area contributed by atoms with Crippen LogP contribution < -0.4 is 0 Å². The molecular weight excluding hydrogens is 370 g/mol. The summed E-state index contributed by atoms with van der Waals surface area (Å²) in [6.45, 7) is 1.79. The van der Waals surface area contributed by atoms with Gasteiger partial charge in [0.25, 0.3) is 0 Å². The monoisotopic (exact) mass is 383 g/mol. The van der Waals surface area contributed by atoms with E-state index in [4.69, 9.17) is 11.6 Å². The molecule has 7 heteroatoms. The maximum Gasteiger partial charge on any atom is 0.227 e. The van der Waals surface area contributed by atoms with Crippen LogP contribution in [-0.2, 0) is 4.79 Å². The van der Waals surface area contributed by atoms with Crippen molar-refractivity contribution in [3.63, 3.8) is 0 Å². The summed E-state index contributed by atoms with van der Waals surface area (Å²) in [6, 6.07) is 4.74. The van der Waals surface area contributed by atoms with E-state index in [2.05, 4.69) is 0 Å². The van der Waals surface area contributed by atoms with E-state index in [1.165, 1.54) is 11.0 Å². The Morgan fingerprint density at radius 3 is 2.27 bits per heavy atom. The average Bonchev–Trinajstić information content (AvgIpc) is 2.57.